The van der Waals surface area contributed by atoms with Crippen molar-refractivity contribution in [2.45, 2.75) is 25.9 Å². The number of halogens is 1. The van der Waals surface area contributed by atoms with E-state index in [1.54, 1.807) is 0 Å². The Hall–Kier alpha value is -0.910. The second-order valence-electron chi connectivity index (χ2n) is 5.00. The van der Waals surface area contributed by atoms with Gasteiger partial charge < -0.3 is 14.7 Å². The fourth-order valence-corrected chi connectivity index (χ4v) is 2.82. The molecule has 1 fully saturated rings. The number of amides is 1. The Balaban J connectivity index is 1.96. The largest absolute Gasteiger partial charge is 0.394 e. The lowest BCUT2D eigenvalue weighted by Gasteiger charge is -2.32. The number of likely N-dealkylation sites (tertiary alicyclic amines) is 1. The molecule has 0 saturated carbocycles. The fourth-order valence-electron chi connectivity index (χ4n) is 2.45. The smallest absolute Gasteiger partial charge is 0.254 e. The molecular weight excluding hydrogens is 322 g/mol. The average molecular weight is 342 g/mol. The summed E-state index contributed by atoms with van der Waals surface area (Å²) < 4.78 is 6.48. The van der Waals surface area contributed by atoms with Crippen LogP contribution in [0.3, 0.4) is 0 Å². The Kier molecular flexibility index (Phi) is 5.57. The van der Waals surface area contributed by atoms with Crippen molar-refractivity contribution in [3.63, 3.8) is 0 Å². The molecule has 20 heavy (non-hydrogen) atoms. The fraction of sp³-hybridized carbons (Fsp3) is 0.533. The first-order valence-corrected chi connectivity index (χ1v) is 7.69. The lowest BCUT2D eigenvalue weighted by molar-refractivity contribution is -0.00555. The number of carbonyl (C=O) groups is 1. The molecule has 2 rings (SSSR count). The number of rotatable bonds is 4. The quantitative estimate of drug-likeness (QED) is 0.914. The third-order valence-electron chi connectivity index (χ3n) is 3.67. The van der Waals surface area contributed by atoms with Crippen LogP contribution >= 0.6 is 15.9 Å². The number of aliphatic hydroxyl groups excluding tert-OH is 1. The van der Waals surface area contributed by atoms with Gasteiger partial charge in [0, 0.05) is 23.1 Å². The van der Waals surface area contributed by atoms with Gasteiger partial charge in [-0.25, -0.2) is 0 Å². The van der Waals surface area contributed by atoms with Crippen molar-refractivity contribution in [2.75, 3.05) is 26.3 Å². The van der Waals surface area contributed by atoms with Crippen molar-refractivity contribution in [2.24, 2.45) is 0 Å². The van der Waals surface area contributed by atoms with Crippen LogP contribution in [0.15, 0.2) is 22.7 Å². The van der Waals surface area contributed by atoms with Crippen LogP contribution in [0.2, 0.25) is 0 Å². The highest BCUT2D eigenvalue weighted by Gasteiger charge is 2.25. The Morgan fingerprint density at radius 1 is 1.45 bits per heavy atom. The van der Waals surface area contributed by atoms with Crippen LogP contribution in [0.5, 0.6) is 0 Å². The maximum Gasteiger partial charge on any atom is 0.254 e. The first-order valence-electron chi connectivity index (χ1n) is 6.90. The van der Waals surface area contributed by atoms with Crippen molar-refractivity contribution in [3.05, 3.63) is 33.8 Å². The second-order valence-corrected chi connectivity index (χ2v) is 5.85. The molecule has 1 amide bonds. The Morgan fingerprint density at radius 2 is 2.15 bits per heavy atom. The van der Waals surface area contributed by atoms with Gasteiger partial charge in [-0.05, 0) is 37.5 Å². The number of benzene rings is 1. The molecule has 1 aliphatic heterocycles. The van der Waals surface area contributed by atoms with Crippen LogP contribution in [0, 0.1) is 6.92 Å². The minimum Gasteiger partial charge on any atom is -0.394 e. The third kappa shape index (κ3) is 3.59. The maximum atomic E-state index is 12.5. The molecule has 110 valence electrons. The Labute approximate surface area is 127 Å². The van der Waals surface area contributed by atoms with Crippen molar-refractivity contribution < 1.29 is 14.6 Å². The molecule has 1 aliphatic rings. The van der Waals surface area contributed by atoms with Gasteiger partial charge in [-0.3, -0.25) is 4.79 Å². The van der Waals surface area contributed by atoms with E-state index in [4.69, 9.17) is 9.84 Å². The van der Waals surface area contributed by atoms with E-state index < -0.39 is 0 Å². The summed E-state index contributed by atoms with van der Waals surface area (Å²) in [5, 5.41) is 8.75. The summed E-state index contributed by atoms with van der Waals surface area (Å²) in [6.45, 7) is 3.80. The minimum absolute atomic E-state index is 0.0520. The van der Waals surface area contributed by atoms with E-state index in [-0.39, 0.29) is 18.6 Å². The molecule has 0 unspecified atom stereocenters. The van der Waals surface area contributed by atoms with E-state index in [0.29, 0.717) is 19.7 Å². The lowest BCUT2D eigenvalue weighted by atomic mass is 10.0. The molecule has 0 atom stereocenters. The van der Waals surface area contributed by atoms with E-state index in [1.807, 2.05) is 30.0 Å². The second kappa shape index (κ2) is 7.20. The standard InChI is InChI=1S/C15H20BrNO3/c1-11-13(3-2-4-14(11)16)15(19)17-7-5-12(6-8-17)20-10-9-18/h2-4,12,18H,5-10H2,1H3. The van der Waals surface area contributed by atoms with Gasteiger partial charge in [0.15, 0.2) is 0 Å². The molecule has 4 nitrogen and oxygen atoms in total. The van der Waals surface area contributed by atoms with E-state index >= 15 is 0 Å². The van der Waals surface area contributed by atoms with Crippen molar-refractivity contribution in [1.82, 2.24) is 4.90 Å². The molecule has 0 spiro atoms. The van der Waals surface area contributed by atoms with Gasteiger partial charge in [0.05, 0.1) is 19.3 Å². The van der Waals surface area contributed by atoms with E-state index in [9.17, 15) is 4.79 Å². The number of hydrogen-bond donors (Lipinski definition) is 1. The molecule has 0 aliphatic carbocycles. The van der Waals surface area contributed by atoms with Crippen LogP contribution in [-0.4, -0.2) is 48.3 Å². The molecule has 0 radical (unpaired) electrons. The predicted octanol–water partition coefficient (Wildman–Crippen LogP) is 2.37. The summed E-state index contributed by atoms with van der Waals surface area (Å²) in [5.74, 6) is 0.0874. The van der Waals surface area contributed by atoms with Crippen molar-refractivity contribution in [3.8, 4) is 0 Å². The molecule has 1 aromatic rings. The van der Waals surface area contributed by atoms with Gasteiger partial charge in [-0.1, -0.05) is 22.0 Å². The van der Waals surface area contributed by atoms with Crippen LogP contribution in [0.4, 0.5) is 0 Å². The molecule has 0 aromatic heterocycles. The highest BCUT2D eigenvalue weighted by molar-refractivity contribution is 9.10. The molecule has 1 N–H and O–H groups in total. The minimum atomic E-state index is 0.0520. The number of aliphatic hydroxyl groups is 1. The first kappa shape index (κ1) is 15.5. The van der Waals surface area contributed by atoms with E-state index in [1.165, 1.54) is 0 Å². The van der Waals surface area contributed by atoms with Gasteiger partial charge >= 0.3 is 0 Å². The van der Waals surface area contributed by atoms with Gasteiger partial charge in [0.2, 0.25) is 0 Å². The zero-order chi connectivity index (χ0) is 14.5. The SMILES string of the molecule is Cc1c(Br)cccc1C(=O)N1CCC(OCCO)CC1. The molecule has 0 bridgehead atoms. The van der Waals surface area contributed by atoms with Gasteiger partial charge in [0.25, 0.3) is 5.91 Å². The summed E-state index contributed by atoms with van der Waals surface area (Å²) in [5.41, 5.74) is 1.74. The van der Waals surface area contributed by atoms with Crippen LogP contribution in [0.1, 0.15) is 28.8 Å². The summed E-state index contributed by atoms with van der Waals surface area (Å²) in [4.78, 5) is 14.4. The summed E-state index contributed by atoms with van der Waals surface area (Å²) in [6.07, 6.45) is 1.83. The molecule has 1 aromatic carbocycles. The lowest BCUT2D eigenvalue weighted by Crippen LogP contribution is -2.41. The van der Waals surface area contributed by atoms with E-state index in [0.717, 1.165) is 28.4 Å². The Bertz CT molecular complexity index is 470. The first-order chi connectivity index (χ1) is 9.63. The molecule has 5 heteroatoms. The number of piperidine rings is 1. The maximum absolute atomic E-state index is 12.5. The number of carbonyl (C=O) groups excluding carboxylic acids is 1. The third-order valence-corrected chi connectivity index (χ3v) is 4.53. The van der Waals surface area contributed by atoms with E-state index in [2.05, 4.69) is 15.9 Å². The molecule has 1 saturated heterocycles. The summed E-state index contributed by atoms with van der Waals surface area (Å²) in [6, 6.07) is 5.71. The zero-order valence-corrected chi connectivity index (χ0v) is 13.2. The zero-order valence-electron chi connectivity index (χ0n) is 11.6. The van der Waals surface area contributed by atoms with Crippen LogP contribution < -0.4 is 0 Å². The van der Waals surface area contributed by atoms with Crippen molar-refractivity contribution in [1.29, 1.82) is 0 Å². The normalized spacial score (nSPS) is 16.4. The van der Waals surface area contributed by atoms with Gasteiger partial charge in [-0.15, -0.1) is 0 Å². The number of hydrogen-bond acceptors (Lipinski definition) is 3. The summed E-state index contributed by atoms with van der Waals surface area (Å²) in [7, 11) is 0. The molecule has 1 heterocycles. The monoisotopic (exact) mass is 341 g/mol. The highest BCUT2D eigenvalue weighted by atomic mass is 79.9. The van der Waals surface area contributed by atoms with Gasteiger partial charge in [0.1, 0.15) is 0 Å². The van der Waals surface area contributed by atoms with Gasteiger partial charge in [-0.2, -0.15) is 0 Å². The highest BCUT2D eigenvalue weighted by Crippen LogP contribution is 2.22. The Morgan fingerprint density at radius 3 is 2.80 bits per heavy atom. The van der Waals surface area contributed by atoms with Crippen LogP contribution in [-0.2, 0) is 4.74 Å². The number of ether oxygens (including phenoxy) is 1. The predicted molar refractivity (Wildman–Crippen MR) is 80.8 cm³/mol. The number of nitrogens with zero attached hydrogens (tertiary/aromatic N) is 1. The van der Waals surface area contributed by atoms with Crippen LogP contribution in [0.25, 0.3) is 0 Å². The van der Waals surface area contributed by atoms with Crippen molar-refractivity contribution >= 4 is 21.8 Å². The summed E-state index contributed by atoms with van der Waals surface area (Å²) >= 11 is 3.46. The topological polar surface area (TPSA) is 49.8 Å². The average Bonchev–Trinajstić information content (AvgIpc) is 2.48. The molecular formula is C15H20BrNO3.